The van der Waals surface area contributed by atoms with E-state index in [-0.39, 0.29) is 11.4 Å². The Morgan fingerprint density at radius 1 is 1.56 bits per heavy atom. The molecular weight excluding hydrogens is 233 g/mol. The van der Waals surface area contributed by atoms with Crippen LogP contribution in [0.15, 0.2) is 18.2 Å². The Hall–Kier alpha value is -1.29. The highest BCUT2D eigenvalue weighted by Crippen LogP contribution is 2.21. The lowest BCUT2D eigenvalue weighted by Crippen LogP contribution is -2.19. The highest BCUT2D eigenvalue weighted by atomic mass is 35.5. The van der Waals surface area contributed by atoms with Crippen molar-refractivity contribution in [2.75, 3.05) is 18.5 Å². The van der Waals surface area contributed by atoms with Crippen LogP contribution in [0.2, 0.25) is 5.02 Å². The lowest BCUT2D eigenvalue weighted by atomic mass is 10.2. The van der Waals surface area contributed by atoms with Crippen molar-refractivity contribution in [1.29, 1.82) is 0 Å². The van der Waals surface area contributed by atoms with Crippen LogP contribution in [0.25, 0.3) is 0 Å². The van der Waals surface area contributed by atoms with E-state index >= 15 is 0 Å². The molecule has 88 valence electrons. The van der Waals surface area contributed by atoms with Gasteiger partial charge in [0.15, 0.2) is 0 Å². The van der Waals surface area contributed by atoms with Crippen molar-refractivity contribution < 1.29 is 14.3 Å². The van der Waals surface area contributed by atoms with Gasteiger partial charge in [0.1, 0.15) is 5.82 Å². The van der Waals surface area contributed by atoms with Crippen molar-refractivity contribution in [2.24, 2.45) is 0 Å². The summed E-state index contributed by atoms with van der Waals surface area (Å²) in [6, 6.07) is 4.44. The lowest BCUT2D eigenvalue weighted by Gasteiger charge is -2.19. The molecule has 5 heteroatoms. The topological polar surface area (TPSA) is 40.5 Å². The standard InChI is InChI=1S/C11H13ClFNO2/c1-14(6-2-3-11(15)16)8-4-5-10(13)9(12)7-8/h4-5,7H,2-3,6H2,1H3,(H,15,16). The van der Waals surface area contributed by atoms with Crippen LogP contribution < -0.4 is 4.90 Å². The van der Waals surface area contributed by atoms with Crippen molar-refractivity contribution in [3.8, 4) is 0 Å². The first-order valence-electron chi connectivity index (χ1n) is 4.88. The van der Waals surface area contributed by atoms with Gasteiger partial charge >= 0.3 is 5.97 Å². The van der Waals surface area contributed by atoms with Crippen LogP contribution in [0.5, 0.6) is 0 Å². The van der Waals surface area contributed by atoms with Gasteiger partial charge in [-0.3, -0.25) is 4.79 Å². The zero-order valence-electron chi connectivity index (χ0n) is 8.91. The predicted molar refractivity (Wildman–Crippen MR) is 61.5 cm³/mol. The Bertz CT molecular complexity index is 384. The number of hydrogen-bond acceptors (Lipinski definition) is 2. The molecule has 0 saturated heterocycles. The highest BCUT2D eigenvalue weighted by molar-refractivity contribution is 6.31. The largest absolute Gasteiger partial charge is 0.481 e. The fourth-order valence-electron chi connectivity index (χ4n) is 1.32. The predicted octanol–water partition coefficient (Wildman–Crippen LogP) is 2.78. The molecule has 0 fully saturated rings. The molecule has 1 rings (SSSR count). The zero-order valence-corrected chi connectivity index (χ0v) is 9.67. The maximum absolute atomic E-state index is 12.9. The van der Waals surface area contributed by atoms with E-state index in [2.05, 4.69) is 0 Å². The molecule has 0 heterocycles. The van der Waals surface area contributed by atoms with Gasteiger partial charge in [0.25, 0.3) is 0 Å². The first kappa shape index (κ1) is 12.8. The van der Waals surface area contributed by atoms with Gasteiger partial charge < -0.3 is 10.0 Å². The lowest BCUT2D eigenvalue weighted by molar-refractivity contribution is -0.137. The summed E-state index contributed by atoms with van der Waals surface area (Å²) >= 11 is 5.65. The number of carbonyl (C=O) groups is 1. The summed E-state index contributed by atoms with van der Waals surface area (Å²) in [4.78, 5) is 12.2. The van der Waals surface area contributed by atoms with Gasteiger partial charge in [0.2, 0.25) is 0 Å². The molecule has 16 heavy (non-hydrogen) atoms. The number of carboxylic acids is 1. The molecule has 0 unspecified atom stereocenters. The van der Waals surface area contributed by atoms with Gasteiger partial charge in [-0.1, -0.05) is 11.6 Å². The van der Waals surface area contributed by atoms with E-state index in [1.165, 1.54) is 12.1 Å². The minimum absolute atomic E-state index is 0.0718. The second kappa shape index (κ2) is 5.70. The van der Waals surface area contributed by atoms with E-state index in [0.29, 0.717) is 13.0 Å². The SMILES string of the molecule is CN(CCCC(=O)O)c1ccc(F)c(Cl)c1. The molecule has 0 aromatic heterocycles. The molecule has 0 spiro atoms. The number of nitrogens with zero attached hydrogens (tertiary/aromatic N) is 1. The summed E-state index contributed by atoms with van der Waals surface area (Å²) in [6.45, 7) is 0.592. The minimum Gasteiger partial charge on any atom is -0.481 e. The smallest absolute Gasteiger partial charge is 0.303 e. The number of aliphatic carboxylic acids is 1. The molecule has 0 radical (unpaired) electrons. The van der Waals surface area contributed by atoms with Crippen molar-refractivity contribution in [2.45, 2.75) is 12.8 Å². The second-order valence-electron chi connectivity index (χ2n) is 3.52. The normalized spacial score (nSPS) is 10.2. The third kappa shape index (κ3) is 3.70. The molecule has 1 aromatic rings. The van der Waals surface area contributed by atoms with Gasteiger partial charge in [-0.05, 0) is 24.6 Å². The minimum atomic E-state index is -0.814. The molecule has 1 aromatic carbocycles. The molecule has 0 bridgehead atoms. The average Bonchev–Trinajstić information content (AvgIpc) is 2.21. The molecule has 0 saturated carbocycles. The number of carboxylic acid groups (broad SMARTS) is 1. The van der Waals surface area contributed by atoms with E-state index in [1.54, 1.807) is 6.07 Å². The molecule has 0 aliphatic heterocycles. The first-order valence-corrected chi connectivity index (χ1v) is 5.26. The van der Waals surface area contributed by atoms with Crippen LogP contribution in [0.1, 0.15) is 12.8 Å². The summed E-state index contributed by atoms with van der Waals surface area (Å²) < 4.78 is 12.9. The molecular formula is C11H13ClFNO2. The van der Waals surface area contributed by atoms with Gasteiger partial charge in [-0.2, -0.15) is 0 Å². The van der Waals surface area contributed by atoms with E-state index < -0.39 is 11.8 Å². The van der Waals surface area contributed by atoms with Gasteiger partial charge in [0, 0.05) is 25.7 Å². The fourth-order valence-corrected chi connectivity index (χ4v) is 1.49. The van der Waals surface area contributed by atoms with Crippen molar-refractivity contribution in [3.63, 3.8) is 0 Å². The third-order valence-corrected chi connectivity index (χ3v) is 2.52. The monoisotopic (exact) mass is 245 g/mol. The Morgan fingerprint density at radius 3 is 2.81 bits per heavy atom. The molecule has 0 atom stereocenters. The Balaban J connectivity index is 2.55. The van der Waals surface area contributed by atoms with Crippen molar-refractivity contribution in [1.82, 2.24) is 0 Å². The van der Waals surface area contributed by atoms with Gasteiger partial charge in [0.05, 0.1) is 5.02 Å². The number of halogens is 2. The van der Waals surface area contributed by atoms with Crippen LogP contribution in [0.3, 0.4) is 0 Å². The number of anilines is 1. The summed E-state index contributed by atoms with van der Waals surface area (Å²) in [5, 5.41) is 8.56. The Labute approximate surface area is 98.4 Å². The van der Waals surface area contributed by atoms with Gasteiger partial charge in [-0.25, -0.2) is 4.39 Å². The molecule has 3 nitrogen and oxygen atoms in total. The summed E-state index contributed by atoms with van der Waals surface area (Å²) in [5.41, 5.74) is 0.775. The number of benzene rings is 1. The van der Waals surface area contributed by atoms with Crippen LogP contribution in [0.4, 0.5) is 10.1 Å². The molecule has 1 N–H and O–H groups in total. The van der Waals surface area contributed by atoms with E-state index in [0.717, 1.165) is 5.69 Å². The average molecular weight is 246 g/mol. The number of rotatable bonds is 5. The van der Waals surface area contributed by atoms with Crippen LogP contribution >= 0.6 is 11.6 Å². The van der Waals surface area contributed by atoms with E-state index in [9.17, 15) is 9.18 Å². The van der Waals surface area contributed by atoms with Crippen molar-refractivity contribution in [3.05, 3.63) is 29.0 Å². The van der Waals surface area contributed by atoms with E-state index in [1.807, 2.05) is 11.9 Å². The first-order chi connectivity index (χ1) is 7.50. The van der Waals surface area contributed by atoms with Crippen molar-refractivity contribution >= 4 is 23.3 Å². The van der Waals surface area contributed by atoms with Crippen LogP contribution in [0, 0.1) is 5.82 Å². The quantitative estimate of drug-likeness (QED) is 0.867. The summed E-state index contributed by atoms with van der Waals surface area (Å²) in [6.07, 6.45) is 0.667. The van der Waals surface area contributed by atoms with Crippen LogP contribution in [-0.2, 0) is 4.79 Å². The second-order valence-corrected chi connectivity index (χ2v) is 3.92. The molecule has 0 aliphatic carbocycles. The maximum Gasteiger partial charge on any atom is 0.303 e. The maximum atomic E-state index is 12.9. The Kier molecular flexibility index (Phi) is 4.55. The summed E-state index contributed by atoms with van der Waals surface area (Å²) in [5.74, 6) is -1.27. The Morgan fingerprint density at radius 2 is 2.25 bits per heavy atom. The fraction of sp³-hybridized carbons (Fsp3) is 0.364. The number of hydrogen-bond donors (Lipinski definition) is 1. The third-order valence-electron chi connectivity index (χ3n) is 2.23. The summed E-state index contributed by atoms with van der Waals surface area (Å²) in [7, 11) is 1.81. The van der Waals surface area contributed by atoms with Gasteiger partial charge in [-0.15, -0.1) is 0 Å². The highest BCUT2D eigenvalue weighted by Gasteiger charge is 2.05. The van der Waals surface area contributed by atoms with E-state index in [4.69, 9.17) is 16.7 Å². The molecule has 0 aliphatic rings. The molecule has 0 amide bonds. The zero-order chi connectivity index (χ0) is 12.1. The van der Waals surface area contributed by atoms with Crippen LogP contribution in [-0.4, -0.2) is 24.7 Å².